The fraction of sp³-hybridized carbons (Fsp3) is 0.467. The van der Waals surface area contributed by atoms with Gasteiger partial charge in [-0.1, -0.05) is 18.2 Å². The van der Waals surface area contributed by atoms with E-state index in [1.807, 2.05) is 31.2 Å². The number of rotatable bonds is 5. The van der Waals surface area contributed by atoms with Gasteiger partial charge in [0.2, 0.25) is 0 Å². The minimum atomic E-state index is -0.275. The van der Waals surface area contributed by atoms with E-state index in [1.165, 1.54) is 7.11 Å². The third-order valence-electron chi connectivity index (χ3n) is 3.41. The summed E-state index contributed by atoms with van der Waals surface area (Å²) < 4.78 is 4.63. The van der Waals surface area contributed by atoms with E-state index >= 15 is 0 Å². The molecule has 1 saturated carbocycles. The summed E-state index contributed by atoms with van der Waals surface area (Å²) in [5.41, 5.74) is 1.69. The Labute approximate surface area is 113 Å². The molecule has 4 heteroatoms. The highest BCUT2D eigenvalue weighted by atomic mass is 16.5. The number of hydrogen-bond donors (Lipinski definition) is 0. The molecule has 0 aliphatic heterocycles. The Bertz CT molecular complexity index is 480. The molecule has 0 radical (unpaired) electrons. The molecule has 4 nitrogen and oxygen atoms in total. The minimum absolute atomic E-state index is 0.0181. The summed E-state index contributed by atoms with van der Waals surface area (Å²) in [6.45, 7) is 2.36. The van der Waals surface area contributed by atoms with Gasteiger partial charge in [-0.2, -0.15) is 0 Å². The van der Waals surface area contributed by atoms with E-state index in [0.717, 1.165) is 24.0 Å². The maximum absolute atomic E-state index is 12.5. The van der Waals surface area contributed by atoms with Gasteiger partial charge in [0.15, 0.2) is 0 Å². The Morgan fingerprint density at radius 2 is 2.00 bits per heavy atom. The number of methoxy groups -OCH3 is 1. The van der Waals surface area contributed by atoms with Crippen molar-refractivity contribution in [2.75, 3.05) is 13.7 Å². The lowest BCUT2D eigenvalue weighted by Gasteiger charge is -2.22. The van der Waals surface area contributed by atoms with Crippen LogP contribution in [-0.2, 0) is 9.53 Å². The minimum Gasteiger partial charge on any atom is -0.469 e. The van der Waals surface area contributed by atoms with Gasteiger partial charge in [0.25, 0.3) is 5.91 Å². The molecular formula is C15H19NO3. The topological polar surface area (TPSA) is 46.6 Å². The van der Waals surface area contributed by atoms with Crippen LogP contribution in [0.25, 0.3) is 0 Å². The molecule has 2 rings (SSSR count). The van der Waals surface area contributed by atoms with Gasteiger partial charge in [-0.05, 0) is 31.4 Å². The van der Waals surface area contributed by atoms with Gasteiger partial charge in [0.05, 0.1) is 13.5 Å². The molecular weight excluding hydrogens is 242 g/mol. The standard InChI is InChI=1S/C15H19NO3/c1-11-5-3-4-6-13(11)15(18)16(12-7-8-12)10-9-14(17)19-2/h3-6,12H,7-10H2,1-2H3. The van der Waals surface area contributed by atoms with Crippen LogP contribution in [0.4, 0.5) is 0 Å². The molecule has 1 aliphatic rings. The fourth-order valence-electron chi connectivity index (χ4n) is 2.12. The summed E-state index contributed by atoms with van der Waals surface area (Å²) in [5.74, 6) is -0.257. The molecule has 0 atom stereocenters. The molecule has 1 aliphatic carbocycles. The van der Waals surface area contributed by atoms with E-state index in [4.69, 9.17) is 0 Å². The van der Waals surface area contributed by atoms with Crippen LogP contribution in [0.2, 0.25) is 0 Å². The normalized spacial score (nSPS) is 14.0. The molecule has 0 spiro atoms. The molecule has 0 saturated heterocycles. The molecule has 0 heterocycles. The van der Waals surface area contributed by atoms with Gasteiger partial charge in [0, 0.05) is 18.2 Å². The van der Waals surface area contributed by atoms with Gasteiger partial charge in [-0.25, -0.2) is 0 Å². The lowest BCUT2D eigenvalue weighted by molar-refractivity contribution is -0.140. The van der Waals surface area contributed by atoms with Crippen LogP contribution in [0.3, 0.4) is 0 Å². The summed E-state index contributed by atoms with van der Waals surface area (Å²) in [6, 6.07) is 7.84. The lowest BCUT2D eigenvalue weighted by atomic mass is 10.1. The Morgan fingerprint density at radius 3 is 2.58 bits per heavy atom. The van der Waals surface area contributed by atoms with Crippen molar-refractivity contribution in [1.29, 1.82) is 0 Å². The predicted octanol–water partition coefficient (Wildman–Crippen LogP) is 2.16. The number of hydrogen-bond acceptors (Lipinski definition) is 3. The van der Waals surface area contributed by atoms with E-state index in [0.29, 0.717) is 6.54 Å². The molecule has 102 valence electrons. The molecule has 0 aromatic heterocycles. The number of carbonyl (C=O) groups excluding carboxylic acids is 2. The highest BCUT2D eigenvalue weighted by Gasteiger charge is 2.33. The summed E-state index contributed by atoms with van der Waals surface area (Å²) in [4.78, 5) is 25.6. The first-order valence-corrected chi connectivity index (χ1v) is 6.57. The molecule has 0 bridgehead atoms. The zero-order chi connectivity index (χ0) is 13.8. The molecule has 0 unspecified atom stereocenters. The predicted molar refractivity (Wildman–Crippen MR) is 71.9 cm³/mol. The summed E-state index contributed by atoms with van der Waals surface area (Å²) in [5, 5.41) is 0. The fourth-order valence-corrected chi connectivity index (χ4v) is 2.12. The van der Waals surface area contributed by atoms with Crippen molar-refractivity contribution >= 4 is 11.9 Å². The van der Waals surface area contributed by atoms with Gasteiger partial charge in [0.1, 0.15) is 0 Å². The zero-order valence-electron chi connectivity index (χ0n) is 11.4. The van der Waals surface area contributed by atoms with E-state index < -0.39 is 0 Å². The number of benzene rings is 1. The van der Waals surface area contributed by atoms with Crippen LogP contribution in [-0.4, -0.2) is 36.5 Å². The summed E-state index contributed by atoms with van der Waals surface area (Å²) >= 11 is 0. The number of aryl methyl sites for hydroxylation is 1. The molecule has 1 aromatic carbocycles. The number of esters is 1. The third-order valence-corrected chi connectivity index (χ3v) is 3.41. The number of amides is 1. The van der Waals surface area contributed by atoms with Gasteiger partial charge >= 0.3 is 5.97 Å². The van der Waals surface area contributed by atoms with Gasteiger partial charge < -0.3 is 9.64 Å². The third kappa shape index (κ3) is 3.34. The Hall–Kier alpha value is -1.84. The Balaban J connectivity index is 2.09. The van der Waals surface area contributed by atoms with Crippen molar-refractivity contribution in [3.8, 4) is 0 Å². The van der Waals surface area contributed by atoms with Gasteiger partial charge in [-0.15, -0.1) is 0 Å². The quantitative estimate of drug-likeness (QED) is 0.763. The summed E-state index contributed by atoms with van der Waals surface area (Å²) in [6.07, 6.45) is 2.31. The van der Waals surface area contributed by atoms with Crippen molar-refractivity contribution in [1.82, 2.24) is 4.90 Å². The SMILES string of the molecule is COC(=O)CCN(C(=O)c1ccccc1C)C1CC1. The first-order valence-electron chi connectivity index (χ1n) is 6.57. The number of nitrogens with zero attached hydrogens (tertiary/aromatic N) is 1. The second kappa shape index (κ2) is 5.87. The zero-order valence-corrected chi connectivity index (χ0v) is 11.4. The Kier molecular flexibility index (Phi) is 4.20. The maximum Gasteiger partial charge on any atom is 0.307 e. The Morgan fingerprint density at radius 1 is 1.32 bits per heavy atom. The van der Waals surface area contributed by atoms with Crippen molar-refractivity contribution < 1.29 is 14.3 Å². The number of carbonyl (C=O) groups is 2. The van der Waals surface area contributed by atoms with Crippen LogP contribution in [0.1, 0.15) is 35.2 Å². The lowest BCUT2D eigenvalue weighted by Crippen LogP contribution is -2.35. The average Bonchev–Trinajstić information content (AvgIpc) is 3.23. The monoisotopic (exact) mass is 261 g/mol. The van der Waals surface area contributed by atoms with E-state index in [-0.39, 0.29) is 24.3 Å². The second-order valence-corrected chi connectivity index (χ2v) is 4.87. The largest absolute Gasteiger partial charge is 0.469 e. The van der Waals surface area contributed by atoms with Crippen molar-refractivity contribution in [3.05, 3.63) is 35.4 Å². The van der Waals surface area contributed by atoms with Gasteiger partial charge in [-0.3, -0.25) is 9.59 Å². The van der Waals surface area contributed by atoms with Crippen molar-refractivity contribution in [3.63, 3.8) is 0 Å². The van der Waals surface area contributed by atoms with E-state index in [2.05, 4.69) is 4.74 Å². The van der Waals surface area contributed by atoms with E-state index in [1.54, 1.807) is 4.90 Å². The van der Waals surface area contributed by atoms with Crippen LogP contribution in [0.15, 0.2) is 24.3 Å². The van der Waals surface area contributed by atoms with Crippen LogP contribution >= 0.6 is 0 Å². The molecule has 19 heavy (non-hydrogen) atoms. The van der Waals surface area contributed by atoms with Crippen molar-refractivity contribution in [2.24, 2.45) is 0 Å². The maximum atomic E-state index is 12.5. The summed E-state index contributed by atoms with van der Waals surface area (Å²) in [7, 11) is 1.37. The molecule has 1 fully saturated rings. The van der Waals surface area contributed by atoms with E-state index in [9.17, 15) is 9.59 Å². The molecule has 0 N–H and O–H groups in total. The van der Waals surface area contributed by atoms with Crippen LogP contribution in [0.5, 0.6) is 0 Å². The highest BCUT2D eigenvalue weighted by Crippen LogP contribution is 2.29. The first kappa shape index (κ1) is 13.6. The molecule has 1 amide bonds. The smallest absolute Gasteiger partial charge is 0.307 e. The van der Waals surface area contributed by atoms with Crippen LogP contribution < -0.4 is 0 Å². The second-order valence-electron chi connectivity index (χ2n) is 4.87. The highest BCUT2D eigenvalue weighted by molar-refractivity contribution is 5.96. The average molecular weight is 261 g/mol. The van der Waals surface area contributed by atoms with Crippen LogP contribution in [0, 0.1) is 6.92 Å². The van der Waals surface area contributed by atoms with Crippen molar-refractivity contribution in [2.45, 2.75) is 32.2 Å². The molecule has 1 aromatic rings. The number of ether oxygens (including phenoxy) is 1. The first-order chi connectivity index (χ1) is 9.13.